The van der Waals surface area contributed by atoms with E-state index >= 15 is 0 Å². The molecular weight excluding hydrogens is 361 g/mol. The molecule has 1 heterocycles. The minimum Gasteiger partial charge on any atom is -0.495 e. The van der Waals surface area contributed by atoms with Crippen LogP contribution in [0.1, 0.15) is 68.8 Å². The Kier molecular flexibility index (Phi) is 6.98. The van der Waals surface area contributed by atoms with Crippen molar-refractivity contribution < 1.29 is 27.5 Å². The molecule has 0 fully saturated rings. The van der Waals surface area contributed by atoms with Crippen LogP contribution in [0.5, 0.6) is 0 Å². The van der Waals surface area contributed by atoms with Gasteiger partial charge in [0.25, 0.3) is 0 Å². The molecule has 1 atom stereocenters. The molecule has 0 aliphatic heterocycles. The maximum absolute atomic E-state index is 13.0. The summed E-state index contributed by atoms with van der Waals surface area (Å²) in [4.78, 5) is 20.3. The number of oxime groups is 1. The zero-order valence-electron chi connectivity index (χ0n) is 15.6. The predicted octanol–water partition coefficient (Wildman–Crippen LogP) is 5.28. The minimum absolute atomic E-state index is 0.0630. The highest BCUT2D eigenvalue weighted by atomic mass is 19.4. The van der Waals surface area contributed by atoms with Crippen molar-refractivity contribution in [3.8, 4) is 0 Å². The summed E-state index contributed by atoms with van der Waals surface area (Å²) in [5.41, 5.74) is -0.491. The molecule has 0 spiro atoms. The Labute approximate surface area is 156 Å². The maximum Gasteiger partial charge on any atom is 0.418 e. The molecule has 0 saturated heterocycles. The number of nitrogens with zero attached hydrogens (tertiary/aromatic N) is 2. The largest absolute Gasteiger partial charge is 0.495 e. The molecule has 1 aromatic heterocycles. The molecule has 0 radical (unpaired) electrons. The summed E-state index contributed by atoms with van der Waals surface area (Å²) < 4.78 is 44.9. The van der Waals surface area contributed by atoms with E-state index in [0.717, 1.165) is 49.3 Å². The van der Waals surface area contributed by atoms with Crippen molar-refractivity contribution in [1.82, 2.24) is 4.98 Å². The normalized spacial score (nSPS) is 17.8. The van der Waals surface area contributed by atoms with E-state index in [1.165, 1.54) is 0 Å². The van der Waals surface area contributed by atoms with E-state index in [9.17, 15) is 18.0 Å². The van der Waals surface area contributed by atoms with E-state index in [-0.39, 0.29) is 6.10 Å². The molecular formula is C19H23F3N2O3. The average Bonchev–Trinajstić information content (AvgIpc) is 2.61. The summed E-state index contributed by atoms with van der Waals surface area (Å²) in [5, 5.41) is 3.81. The van der Waals surface area contributed by atoms with Gasteiger partial charge in [-0.3, -0.25) is 4.98 Å². The van der Waals surface area contributed by atoms with Gasteiger partial charge in [0.1, 0.15) is 5.76 Å². The van der Waals surface area contributed by atoms with Crippen molar-refractivity contribution in [2.45, 2.75) is 65.2 Å². The van der Waals surface area contributed by atoms with Gasteiger partial charge >= 0.3 is 12.1 Å². The quantitative estimate of drug-likeness (QED) is 0.495. The Balaban J connectivity index is 2.16. The van der Waals surface area contributed by atoms with E-state index in [0.29, 0.717) is 18.3 Å². The number of halogens is 3. The lowest BCUT2D eigenvalue weighted by Gasteiger charge is -2.23. The Morgan fingerprint density at radius 1 is 1.37 bits per heavy atom. The molecule has 2 rings (SSSR count). The van der Waals surface area contributed by atoms with Crippen molar-refractivity contribution in [2.24, 2.45) is 5.16 Å². The number of ether oxygens (including phenoxy) is 1. The summed E-state index contributed by atoms with van der Waals surface area (Å²) in [6.07, 6.45) is 1.07. The van der Waals surface area contributed by atoms with Crippen LogP contribution in [0, 0.1) is 0 Å². The molecule has 0 bridgehead atoms. The summed E-state index contributed by atoms with van der Waals surface area (Å²) in [6.45, 7) is 5.87. The second-order valence-electron chi connectivity index (χ2n) is 6.45. The van der Waals surface area contributed by atoms with E-state index < -0.39 is 23.3 Å². The number of allylic oxidation sites excluding steroid dienone is 2. The first kappa shape index (κ1) is 20.9. The van der Waals surface area contributed by atoms with Crippen LogP contribution < -0.4 is 0 Å². The molecule has 148 valence electrons. The first-order valence-corrected chi connectivity index (χ1v) is 8.90. The summed E-state index contributed by atoms with van der Waals surface area (Å²) in [5.74, 6) is -0.380. The van der Waals surface area contributed by atoms with Gasteiger partial charge in [0.2, 0.25) is 0 Å². The third-order valence-electron chi connectivity index (χ3n) is 4.29. The molecule has 1 aromatic rings. The third kappa shape index (κ3) is 5.55. The Morgan fingerprint density at radius 3 is 2.78 bits per heavy atom. The Bertz CT molecular complexity index is 742. The minimum atomic E-state index is -4.70. The molecule has 1 unspecified atom stereocenters. The van der Waals surface area contributed by atoms with Crippen molar-refractivity contribution in [3.05, 3.63) is 40.9 Å². The van der Waals surface area contributed by atoms with Gasteiger partial charge in [0, 0.05) is 24.4 Å². The first-order valence-electron chi connectivity index (χ1n) is 8.90. The second-order valence-corrected chi connectivity index (χ2v) is 6.45. The van der Waals surface area contributed by atoms with Gasteiger partial charge in [-0.15, -0.1) is 0 Å². The third-order valence-corrected chi connectivity index (χ3v) is 4.29. The topological polar surface area (TPSA) is 60.8 Å². The number of carbonyl (C=O) groups excluding carboxylic acids is 1. The molecule has 1 aliphatic rings. The standard InChI is InChI=1S/C19H23F3N2O3/c1-4-6-12(2)26-17-8-5-7-16(13(17)3)24-27-18(25)14-9-10-23-11-15(14)19(20,21)22/h9-12H,4-8H2,1-3H3/b24-16+. The monoisotopic (exact) mass is 384 g/mol. The van der Waals surface area contributed by atoms with Crippen molar-refractivity contribution in [3.63, 3.8) is 0 Å². The molecule has 0 saturated carbocycles. The molecule has 8 heteroatoms. The fourth-order valence-electron chi connectivity index (χ4n) is 2.87. The lowest BCUT2D eigenvalue weighted by Crippen LogP contribution is -2.18. The van der Waals surface area contributed by atoms with Crippen molar-refractivity contribution in [1.29, 1.82) is 0 Å². The average molecular weight is 384 g/mol. The smallest absolute Gasteiger partial charge is 0.418 e. The van der Waals surface area contributed by atoms with Crippen LogP contribution in [0.25, 0.3) is 0 Å². The van der Waals surface area contributed by atoms with Gasteiger partial charge in [0.05, 0.1) is 22.9 Å². The van der Waals surface area contributed by atoms with E-state index in [1.54, 1.807) is 0 Å². The van der Waals surface area contributed by atoms with Crippen LogP contribution in [0.15, 0.2) is 34.9 Å². The summed E-state index contributed by atoms with van der Waals surface area (Å²) in [6, 6.07) is 0.968. The lowest BCUT2D eigenvalue weighted by molar-refractivity contribution is -0.138. The summed E-state index contributed by atoms with van der Waals surface area (Å²) >= 11 is 0. The molecule has 5 nitrogen and oxygen atoms in total. The number of carbonyl (C=O) groups is 1. The van der Waals surface area contributed by atoms with Crippen LogP contribution in [-0.2, 0) is 15.8 Å². The van der Waals surface area contributed by atoms with Crippen molar-refractivity contribution in [2.75, 3.05) is 0 Å². The van der Waals surface area contributed by atoms with Gasteiger partial charge in [-0.1, -0.05) is 18.5 Å². The number of rotatable bonds is 6. The number of hydrogen-bond donors (Lipinski definition) is 0. The lowest BCUT2D eigenvalue weighted by atomic mass is 9.96. The highest BCUT2D eigenvalue weighted by molar-refractivity contribution is 6.01. The highest BCUT2D eigenvalue weighted by Gasteiger charge is 2.36. The first-order chi connectivity index (χ1) is 12.7. The van der Waals surface area contributed by atoms with Gasteiger partial charge < -0.3 is 9.57 Å². The number of pyridine rings is 1. The number of hydrogen-bond acceptors (Lipinski definition) is 5. The SMILES string of the molecule is CCCC(C)OC1=C(C)/C(=N/OC(=O)c2ccncc2C(F)(F)F)CCC1. The zero-order valence-corrected chi connectivity index (χ0v) is 15.6. The van der Waals surface area contributed by atoms with E-state index in [2.05, 4.69) is 17.1 Å². The van der Waals surface area contributed by atoms with Crippen LogP contribution in [0.4, 0.5) is 13.2 Å². The van der Waals surface area contributed by atoms with Gasteiger partial charge in [-0.2, -0.15) is 13.2 Å². The second kappa shape index (κ2) is 9.01. The highest BCUT2D eigenvalue weighted by Crippen LogP contribution is 2.32. The van der Waals surface area contributed by atoms with Crippen LogP contribution in [-0.4, -0.2) is 22.8 Å². The van der Waals surface area contributed by atoms with Gasteiger partial charge in [0.15, 0.2) is 0 Å². The van der Waals surface area contributed by atoms with Gasteiger partial charge in [-0.25, -0.2) is 4.79 Å². The van der Waals surface area contributed by atoms with Crippen LogP contribution >= 0.6 is 0 Å². The maximum atomic E-state index is 13.0. The number of aromatic nitrogens is 1. The molecule has 0 amide bonds. The van der Waals surface area contributed by atoms with Crippen LogP contribution in [0.3, 0.4) is 0 Å². The molecule has 0 aromatic carbocycles. The Morgan fingerprint density at radius 2 is 2.11 bits per heavy atom. The number of alkyl halides is 3. The Hall–Kier alpha value is -2.38. The summed E-state index contributed by atoms with van der Waals surface area (Å²) in [7, 11) is 0. The molecule has 27 heavy (non-hydrogen) atoms. The molecule has 1 aliphatic carbocycles. The van der Waals surface area contributed by atoms with Crippen LogP contribution in [0.2, 0.25) is 0 Å². The molecule has 0 N–H and O–H groups in total. The van der Waals surface area contributed by atoms with E-state index in [4.69, 9.17) is 9.57 Å². The fraction of sp³-hybridized carbons (Fsp3) is 0.526. The predicted molar refractivity (Wildman–Crippen MR) is 94.1 cm³/mol. The van der Waals surface area contributed by atoms with E-state index in [1.807, 2.05) is 13.8 Å². The fourth-order valence-corrected chi connectivity index (χ4v) is 2.87. The van der Waals surface area contributed by atoms with Gasteiger partial charge in [-0.05, 0) is 39.2 Å². The van der Waals surface area contributed by atoms with Crippen molar-refractivity contribution >= 4 is 11.7 Å². The zero-order chi connectivity index (χ0) is 20.0.